The molecular formula is C16H8O6. The van der Waals surface area contributed by atoms with E-state index in [4.69, 9.17) is 5.11 Å². The summed E-state index contributed by atoms with van der Waals surface area (Å²) in [6.07, 6.45) is 0. The van der Waals surface area contributed by atoms with Gasteiger partial charge in [0.1, 0.15) is 0 Å². The Balaban J connectivity index is 2.41. The number of hydrogen-bond acceptors (Lipinski definition) is 4. The van der Waals surface area contributed by atoms with E-state index in [2.05, 4.69) is 0 Å². The summed E-state index contributed by atoms with van der Waals surface area (Å²) in [7, 11) is 0. The van der Waals surface area contributed by atoms with Gasteiger partial charge in [-0.25, -0.2) is 9.59 Å². The first-order valence-electron chi connectivity index (χ1n) is 6.25. The molecule has 3 rings (SSSR count). The molecule has 0 radical (unpaired) electrons. The van der Waals surface area contributed by atoms with E-state index in [9.17, 15) is 24.3 Å². The van der Waals surface area contributed by atoms with Crippen LogP contribution in [0.5, 0.6) is 0 Å². The largest absolute Gasteiger partial charge is 0.478 e. The summed E-state index contributed by atoms with van der Waals surface area (Å²) >= 11 is 0. The topological polar surface area (TPSA) is 109 Å². The lowest BCUT2D eigenvalue weighted by molar-refractivity contribution is 0.0649. The molecule has 0 aliphatic heterocycles. The van der Waals surface area contributed by atoms with Gasteiger partial charge in [0, 0.05) is 22.3 Å². The van der Waals surface area contributed by atoms with Gasteiger partial charge in [0.2, 0.25) is 0 Å². The molecule has 0 heterocycles. The number of hydrogen-bond donors (Lipinski definition) is 2. The molecule has 2 aromatic carbocycles. The SMILES string of the molecule is O=C(O)c1ccc2c(c1C(=O)O)C(=O)c1ccccc1C2=O. The Morgan fingerprint density at radius 3 is 1.86 bits per heavy atom. The van der Waals surface area contributed by atoms with Crippen molar-refractivity contribution >= 4 is 23.5 Å². The van der Waals surface area contributed by atoms with E-state index in [1.165, 1.54) is 18.2 Å². The second-order valence-electron chi connectivity index (χ2n) is 4.72. The van der Waals surface area contributed by atoms with Gasteiger partial charge in [-0.15, -0.1) is 0 Å². The van der Waals surface area contributed by atoms with Crippen LogP contribution in [0, 0.1) is 0 Å². The van der Waals surface area contributed by atoms with E-state index in [-0.39, 0.29) is 22.3 Å². The van der Waals surface area contributed by atoms with Crippen molar-refractivity contribution in [3.63, 3.8) is 0 Å². The monoisotopic (exact) mass is 296 g/mol. The Kier molecular flexibility index (Phi) is 2.88. The first-order valence-corrected chi connectivity index (χ1v) is 6.25. The number of carboxylic acids is 2. The van der Waals surface area contributed by atoms with Crippen molar-refractivity contribution in [1.82, 2.24) is 0 Å². The summed E-state index contributed by atoms with van der Waals surface area (Å²) < 4.78 is 0. The van der Waals surface area contributed by atoms with E-state index >= 15 is 0 Å². The fourth-order valence-corrected chi connectivity index (χ4v) is 2.59. The zero-order valence-electron chi connectivity index (χ0n) is 11.0. The number of rotatable bonds is 2. The highest BCUT2D eigenvalue weighted by Gasteiger charge is 2.35. The Morgan fingerprint density at radius 1 is 0.727 bits per heavy atom. The Bertz CT molecular complexity index is 878. The standard InChI is InChI=1S/C16H8O6/c17-13-7-3-1-2-4-8(7)14(18)11-9(13)5-6-10(15(19)20)12(11)16(21)22/h1-6H,(H,19,20)(H,21,22). The van der Waals surface area contributed by atoms with Crippen LogP contribution in [0.15, 0.2) is 36.4 Å². The average molecular weight is 296 g/mol. The third-order valence-electron chi connectivity index (χ3n) is 3.54. The molecule has 0 aromatic heterocycles. The van der Waals surface area contributed by atoms with Crippen molar-refractivity contribution in [3.05, 3.63) is 69.8 Å². The lowest BCUT2D eigenvalue weighted by atomic mass is 9.80. The van der Waals surface area contributed by atoms with Gasteiger partial charge < -0.3 is 10.2 Å². The highest BCUT2D eigenvalue weighted by molar-refractivity contribution is 6.31. The zero-order valence-corrected chi connectivity index (χ0v) is 11.0. The first-order chi connectivity index (χ1) is 10.4. The normalized spacial score (nSPS) is 12.5. The highest BCUT2D eigenvalue weighted by Crippen LogP contribution is 2.31. The summed E-state index contributed by atoms with van der Waals surface area (Å²) in [5.74, 6) is -4.19. The molecule has 1 aliphatic carbocycles. The molecule has 0 unspecified atom stereocenters. The molecule has 0 saturated heterocycles. The minimum Gasteiger partial charge on any atom is -0.478 e. The molecular weight excluding hydrogens is 288 g/mol. The minimum atomic E-state index is -1.56. The molecule has 0 fully saturated rings. The number of fused-ring (bicyclic) bond motifs is 2. The minimum absolute atomic E-state index is 0.0741. The lowest BCUT2D eigenvalue weighted by Gasteiger charge is -2.19. The van der Waals surface area contributed by atoms with Crippen LogP contribution in [0.2, 0.25) is 0 Å². The predicted octanol–water partition coefficient (Wildman–Crippen LogP) is 1.86. The summed E-state index contributed by atoms with van der Waals surface area (Å²) in [6, 6.07) is 8.25. The highest BCUT2D eigenvalue weighted by atomic mass is 16.4. The number of carboxylic acid groups (broad SMARTS) is 2. The molecule has 6 nitrogen and oxygen atoms in total. The van der Waals surface area contributed by atoms with Crippen LogP contribution in [0.3, 0.4) is 0 Å². The zero-order chi connectivity index (χ0) is 16.0. The summed E-state index contributed by atoms with van der Waals surface area (Å²) in [5.41, 5.74) is -1.38. The van der Waals surface area contributed by atoms with E-state index < -0.39 is 34.6 Å². The maximum atomic E-state index is 12.5. The van der Waals surface area contributed by atoms with Crippen LogP contribution >= 0.6 is 0 Å². The van der Waals surface area contributed by atoms with E-state index in [1.54, 1.807) is 12.1 Å². The van der Waals surface area contributed by atoms with Crippen LogP contribution in [0.1, 0.15) is 52.6 Å². The number of ketones is 2. The second-order valence-corrected chi connectivity index (χ2v) is 4.72. The maximum absolute atomic E-state index is 12.5. The van der Waals surface area contributed by atoms with Crippen LogP contribution in [-0.2, 0) is 0 Å². The quantitative estimate of drug-likeness (QED) is 0.747. The van der Waals surface area contributed by atoms with Gasteiger partial charge in [-0.2, -0.15) is 0 Å². The Morgan fingerprint density at radius 2 is 1.32 bits per heavy atom. The van der Waals surface area contributed by atoms with Crippen molar-refractivity contribution in [2.45, 2.75) is 0 Å². The summed E-state index contributed by atoms with van der Waals surface area (Å²) in [4.78, 5) is 47.6. The summed E-state index contributed by atoms with van der Waals surface area (Å²) in [5, 5.41) is 18.4. The molecule has 108 valence electrons. The fraction of sp³-hybridized carbons (Fsp3) is 0. The number of benzene rings is 2. The smallest absolute Gasteiger partial charge is 0.337 e. The van der Waals surface area contributed by atoms with Gasteiger partial charge in [-0.3, -0.25) is 9.59 Å². The molecule has 0 bridgehead atoms. The Labute approximate surface area is 123 Å². The van der Waals surface area contributed by atoms with Gasteiger partial charge in [0.25, 0.3) is 0 Å². The van der Waals surface area contributed by atoms with Gasteiger partial charge in [-0.1, -0.05) is 24.3 Å². The Hall–Kier alpha value is -3.28. The van der Waals surface area contributed by atoms with Crippen molar-refractivity contribution in [2.24, 2.45) is 0 Å². The lowest BCUT2D eigenvalue weighted by Crippen LogP contribution is -2.25. The van der Waals surface area contributed by atoms with E-state index in [1.807, 2.05) is 0 Å². The van der Waals surface area contributed by atoms with Crippen LogP contribution in [0.25, 0.3) is 0 Å². The molecule has 1 aliphatic rings. The molecule has 0 spiro atoms. The molecule has 22 heavy (non-hydrogen) atoms. The van der Waals surface area contributed by atoms with Crippen LogP contribution < -0.4 is 0 Å². The first kappa shape index (κ1) is 13.7. The number of aromatic carboxylic acids is 2. The van der Waals surface area contributed by atoms with Gasteiger partial charge >= 0.3 is 11.9 Å². The molecule has 2 aromatic rings. The molecule has 0 saturated carbocycles. The van der Waals surface area contributed by atoms with Gasteiger partial charge in [-0.05, 0) is 12.1 Å². The summed E-state index contributed by atoms with van der Waals surface area (Å²) in [6.45, 7) is 0. The van der Waals surface area contributed by atoms with E-state index in [0.717, 1.165) is 6.07 Å². The molecule has 0 atom stereocenters. The number of carbonyl (C=O) groups is 4. The van der Waals surface area contributed by atoms with Crippen molar-refractivity contribution in [2.75, 3.05) is 0 Å². The second kappa shape index (κ2) is 4.63. The van der Waals surface area contributed by atoms with Crippen LogP contribution in [-0.4, -0.2) is 33.7 Å². The average Bonchev–Trinajstić information content (AvgIpc) is 2.51. The van der Waals surface area contributed by atoms with E-state index in [0.29, 0.717) is 0 Å². The fourth-order valence-electron chi connectivity index (χ4n) is 2.59. The van der Waals surface area contributed by atoms with Crippen molar-refractivity contribution in [3.8, 4) is 0 Å². The molecule has 0 amide bonds. The molecule has 6 heteroatoms. The van der Waals surface area contributed by atoms with Gasteiger partial charge in [0.05, 0.1) is 11.1 Å². The predicted molar refractivity (Wildman–Crippen MR) is 73.7 cm³/mol. The third-order valence-corrected chi connectivity index (χ3v) is 3.54. The van der Waals surface area contributed by atoms with Crippen molar-refractivity contribution < 1.29 is 29.4 Å². The van der Waals surface area contributed by atoms with Crippen molar-refractivity contribution in [1.29, 1.82) is 0 Å². The number of carbonyl (C=O) groups excluding carboxylic acids is 2. The van der Waals surface area contributed by atoms with Gasteiger partial charge in [0.15, 0.2) is 11.6 Å². The maximum Gasteiger partial charge on any atom is 0.337 e. The van der Waals surface area contributed by atoms with Crippen LogP contribution in [0.4, 0.5) is 0 Å². The third kappa shape index (κ3) is 1.74. The molecule has 2 N–H and O–H groups in total.